The van der Waals surface area contributed by atoms with Crippen molar-refractivity contribution in [2.24, 2.45) is 0 Å². The topological polar surface area (TPSA) is 62.7 Å². The Hall–Kier alpha value is -3.02. The van der Waals surface area contributed by atoms with Crippen molar-refractivity contribution in [2.75, 3.05) is 10.6 Å². The molecule has 0 saturated carbocycles. The minimum absolute atomic E-state index is 0.177. The summed E-state index contributed by atoms with van der Waals surface area (Å²) in [6.45, 7) is 6.13. The molecule has 0 saturated heterocycles. The molecule has 25 heavy (non-hydrogen) atoms. The second kappa shape index (κ2) is 6.84. The summed E-state index contributed by atoms with van der Waals surface area (Å²) < 4.78 is 13.1. The van der Waals surface area contributed by atoms with Crippen LogP contribution in [0.25, 0.3) is 11.3 Å². The molecule has 128 valence electrons. The van der Waals surface area contributed by atoms with E-state index in [9.17, 15) is 4.39 Å². The average Bonchev–Trinajstić information content (AvgIpc) is 2.56. The maximum absolute atomic E-state index is 13.1. The highest BCUT2D eigenvalue weighted by Gasteiger charge is 2.14. The highest BCUT2D eigenvalue weighted by atomic mass is 19.1. The van der Waals surface area contributed by atoms with Crippen LogP contribution in [0.5, 0.6) is 0 Å². The van der Waals surface area contributed by atoms with Crippen LogP contribution in [-0.4, -0.2) is 20.5 Å². The van der Waals surface area contributed by atoms with Gasteiger partial charge in [0, 0.05) is 35.2 Å². The van der Waals surface area contributed by atoms with Crippen LogP contribution >= 0.6 is 0 Å². The first-order valence-electron chi connectivity index (χ1n) is 7.99. The summed E-state index contributed by atoms with van der Waals surface area (Å²) >= 11 is 0. The lowest BCUT2D eigenvalue weighted by molar-refractivity contribution is 0.626. The molecule has 0 unspecified atom stereocenters. The zero-order chi connectivity index (χ0) is 17.9. The molecule has 1 aromatic carbocycles. The molecule has 6 heteroatoms. The summed E-state index contributed by atoms with van der Waals surface area (Å²) in [5, 5.41) is 6.48. The molecule has 0 radical (unpaired) electrons. The normalized spacial score (nSPS) is 11.2. The van der Waals surface area contributed by atoms with Crippen LogP contribution in [0.3, 0.4) is 0 Å². The predicted octanol–water partition coefficient (Wildman–Crippen LogP) is 4.63. The molecule has 0 spiro atoms. The number of nitrogens with zero attached hydrogens (tertiary/aromatic N) is 3. The summed E-state index contributed by atoms with van der Waals surface area (Å²) in [5.41, 5.74) is 2.29. The van der Waals surface area contributed by atoms with Crippen LogP contribution in [-0.2, 0) is 0 Å². The lowest BCUT2D eigenvalue weighted by Crippen LogP contribution is -2.27. The van der Waals surface area contributed by atoms with E-state index in [4.69, 9.17) is 0 Å². The Morgan fingerprint density at radius 1 is 0.920 bits per heavy atom. The Morgan fingerprint density at radius 2 is 1.60 bits per heavy atom. The molecule has 3 rings (SSSR count). The number of halogens is 1. The molecule has 3 aromatic rings. The molecule has 0 fully saturated rings. The number of aromatic nitrogens is 3. The van der Waals surface area contributed by atoms with Crippen LogP contribution in [0.2, 0.25) is 0 Å². The van der Waals surface area contributed by atoms with Gasteiger partial charge < -0.3 is 10.6 Å². The van der Waals surface area contributed by atoms with Gasteiger partial charge in [-0.25, -0.2) is 9.37 Å². The predicted molar refractivity (Wildman–Crippen MR) is 98.3 cm³/mol. The molecule has 0 atom stereocenters. The molecule has 2 aromatic heterocycles. The van der Waals surface area contributed by atoms with E-state index in [0.29, 0.717) is 11.8 Å². The van der Waals surface area contributed by atoms with E-state index >= 15 is 0 Å². The van der Waals surface area contributed by atoms with Gasteiger partial charge >= 0.3 is 0 Å². The lowest BCUT2D eigenvalue weighted by Gasteiger charge is -2.21. The number of hydrogen-bond donors (Lipinski definition) is 2. The summed E-state index contributed by atoms with van der Waals surface area (Å²) in [7, 11) is 0. The molecule has 0 aliphatic rings. The van der Waals surface area contributed by atoms with E-state index in [1.54, 1.807) is 24.5 Å². The second-order valence-electron chi connectivity index (χ2n) is 6.70. The van der Waals surface area contributed by atoms with Crippen molar-refractivity contribution in [1.29, 1.82) is 0 Å². The number of rotatable bonds is 4. The number of nitrogens with one attached hydrogen (secondary N) is 2. The summed E-state index contributed by atoms with van der Waals surface area (Å²) in [6, 6.07) is 11.8. The highest BCUT2D eigenvalue weighted by molar-refractivity contribution is 5.67. The number of hydrogen-bond acceptors (Lipinski definition) is 5. The molecule has 0 aliphatic heterocycles. The highest BCUT2D eigenvalue weighted by Crippen LogP contribution is 2.24. The molecule has 0 amide bonds. The summed E-state index contributed by atoms with van der Waals surface area (Å²) in [5.74, 6) is 0.868. The Labute approximate surface area is 146 Å². The molecule has 2 heterocycles. The van der Waals surface area contributed by atoms with Crippen LogP contribution in [0.15, 0.2) is 54.9 Å². The van der Waals surface area contributed by atoms with Gasteiger partial charge in [0.05, 0.1) is 5.69 Å². The van der Waals surface area contributed by atoms with Crippen LogP contribution in [0.1, 0.15) is 20.8 Å². The first-order chi connectivity index (χ1) is 11.9. The van der Waals surface area contributed by atoms with E-state index < -0.39 is 0 Å². The van der Waals surface area contributed by atoms with Gasteiger partial charge in [-0.2, -0.15) is 4.98 Å². The summed E-state index contributed by atoms with van der Waals surface area (Å²) in [6.07, 6.45) is 3.45. The number of pyridine rings is 1. The lowest BCUT2D eigenvalue weighted by atomic mass is 10.1. The zero-order valence-corrected chi connectivity index (χ0v) is 14.4. The average molecular weight is 337 g/mol. The Bertz CT molecular complexity index is 842. The molecular formula is C19H20FN5. The fourth-order valence-electron chi connectivity index (χ4n) is 2.25. The van der Waals surface area contributed by atoms with E-state index in [1.807, 2.05) is 39.0 Å². The Kier molecular flexibility index (Phi) is 4.61. The van der Waals surface area contributed by atoms with Gasteiger partial charge in [0.25, 0.3) is 0 Å². The van der Waals surface area contributed by atoms with Crippen LogP contribution in [0, 0.1) is 5.82 Å². The van der Waals surface area contributed by atoms with Crippen molar-refractivity contribution < 1.29 is 4.39 Å². The first kappa shape index (κ1) is 16.8. The largest absolute Gasteiger partial charge is 0.350 e. The van der Waals surface area contributed by atoms with Crippen molar-refractivity contribution in [1.82, 2.24) is 15.0 Å². The minimum atomic E-state index is -0.277. The smallest absolute Gasteiger partial charge is 0.225 e. The SMILES string of the molecule is CC(C)(C)Nc1nc(Nc2ccc(F)cc2)cc(-c2ccncc2)n1. The van der Waals surface area contributed by atoms with Crippen LogP contribution < -0.4 is 10.6 Å². The second-order valence-corrected chi connectivity index (χ2v) is 6.70. The van der Waals surface area contributed by atoms with E-state index in [-0.39, 0.29) is 11.4 Å². The maximum Gasteiger partial charge on any atom is 0.225 e. The van der Waals surface area contributed by atoms with Crippen molar-refractivity contribution in [3.05, 3.63) is 60.7 Å². The van der Waals surface area contributed by atoms with Crippen molar-refractivity contribution >= 4 is 17.5 Å². The first-order valence-corrected chi connectivity index (χ1v) is 7.99. The fraction of sp³-hybridized carbons (Fsp3) is 0.211. The van der Waals surface area contributed by atoms with Crippen molar-refractivity contribution in [2.45, 2.75) is 26.3 Å². The van der Waals surface area contributed by atoms with E-state index in [1.165, 1.54) is 12.1 Å². The maximum atomic E-state index is 13.1. The van der Waals surface area contributed by atoms with E-state index in [2.05, 4.69) is 25.6 Å². The zero-order valence-electron chi connectivity index (χ0n) is 14.4. The molecular weight excluding hydrogens is 317 g/mol. The summed E-state index contributed by atoms with van der Waals surface area (Å²) in [4.78, 5) is 13.2. The third kappa shape index (κ3) is 4.73. The quantitative estimate of drug-likeness (QED) is 0.726. The number of anilines is 3. The minimum Gasteiger partial charge on any atom is -0.350 e. The molecule has 0 aliphatic carbocycles. The Balaban J connectivity index is 1.98. The van der Waals surface area contributed by atoms with Gasteiger partial charge in [0.15, 0.2) is 0 Å². The monoisotopic (exact) mass is 337 g/mol. The van der Waals surface area contributed by atoms with Crippen molar-refractivity contribution in [3.8, 4) is 11.3 Å². The third-order valence-corrected chi connectivity index (χ3v) is 3.31. The molecule has 2 N–H and O–H groups in total. The van der Waals surface area contributed by atoms with Gasteiger partial charge in [0.1, 0.15) is 11.6 Å². The molecule has 0 bridgehead atoms. The third-order valence-electron chi connectivity index (χ3n) is 3.31. The number of benzene rings is 1. The van der Waals surface area contributed by atoms with Gasteiger partial charge in [-0.3, -0.25) is 4.98 Å². The molecule has 5 nitrogen and oxygen atoms in total. The fourth-order valence-corrected chi connectivity index (χ4v) is 2.25. The van der Waals surface area contributed by atoms with Crippen LogP contribution in [0.4, 0.5) is 21.8 Å². The van der Waals surface area contributed by atoms with Crippen molar-refractivity contribution in [3.63, 3.8) is 0 Å². The van der Waals surface area contributed by atoms with Gasteiger partial charge in [-0.1, -0.05) is 0 Å². The van der Waals surface area contributed by atoms with E-state index in [0.717, 1.165) is 16.9 Å². The van der Waals surface area contributed by atoms with Gasteiger partial charge in [-0.05, 0) is 57.2 Å². The standard InChI is InChI=1S/C19H20FN5/c1-19(2,3)25-18-23-16(13-8-10-21-11-9-13)12-17(24-18)22-15-6-4-14(20)5-7-15/h4-12H,1-3H3,(H2,22,23,24,25). The van der Waals surface area contributed by atoms with Gasteiger partial charge in [0.2, 0.25) is 5.95 Å². The van der Waals surface area contributed by atoms with Gasteiger partial charge in [-0.15, -0.1) is 0 Å². The Morgan fingerprint density at radius 3 is 2.24 bits per heavy atom.